The van der Waals surface area contributed by atoms with Crippen LogP contribution in [0.25, 0.3) is 5.76 Å². The number of Topliss-reactive ketones (excluding diaryl/α,β-unsaturated/α-hetero) is 1. The van der Waals surface area contributed by atoms with E-state index in [0.29, 0.717) is 35.7 Å². The first kappa shape index (κ1) is 24.3. The summed E-state index contributed by atoms with van der Waals surface area (Å²) in [4.78, 5) is 30.1. The molecular weight excluding hydrogens is 420 g/mol. The number of likely N-dealkylation sites (tertiary alicyclic amines) is 1. The largest absolute Gasteiger partial charge is 0.507 e. The van der Waals surface area contributed by atoms with Gasteiger partial charge in [-0.2, -0.15) is 0 Å². The Morgan fingerprint density at radius 1 is 1.06 bits per heavy atom. The number of ether oxygens (including phenoxy) is 2. The molecule has 1 aliphatic heterocycles. The van der Waals surface area contributed by atoms with Crippen LogP contribution < -0.4 is 9.47 Å². The lowest BCUT2D eigenvalue weighted by Crippen LogP contribution is -2.38. The first-order valence-electron chi connectivity index (χ1n) is 11.2. The van der Waals surface area contributed by atoms with Crippen molar-refractivity contribution in [1.82, 2.24) is 9.80 Å². The molecule has 0 aromatic heterocycles. The molecule has 0 radical (unpaired) electrons. The topological polar surface area (TPSA) is 79.3 Å². The van der Waals surface area contributed by atoms with Crippen molar-refractivity contribution < 1.29 is 24.2 Å². The molecule has 1 heterocycles. The van der Waals surface area contributed by atoms with E-state index in [9.17, 15) is 14.7 Å². The highest BCUT2D eigenvalue weighted by atomic mass is 16.5. The highest BCUT2D eigenvalue weighted by Crippen LogP contribution is 2.43. The Bertz CT molecular complexity index is 1060. The molecule has 176 valence electrons. The normalized spacial score (nSPS) is 17.6. The maximum absolute atomic E-state index is 13.2. The molecule has 7 nitrogen and oxygen atoms in total. The zero-order valence-electron chi connectivity index (χ0n) is 19.9. The van der Waals surface area contributed by atoms with Gasteiger partial charge < -0.3 is 24.4 Å². The minimum atomic E-state index is -0.752. The van der Waals surface area contributed by atoms with Crippen LogP contribution in [-0.4, -0.2) is 67.0 Å². The van der Waals surface area contributed by atoms with Crippen LogP contribution in [0.3, 0.4) is 0 Å². The summed E-state index contributed by atoms with van der Waals surface area (Å²) in [5.41, 5.74) is 1.95. The monoisotopic (exact) mass is 452 g/mol. The maximum Gasteiger partial charge on any atom is 0.295 e. The van der Waals surface area contributed by atoms with Gasteiger partial charge in [0.25, 0.3) is 11.7 Å². The van der Waals surface area contributed by atoms with Crippen LogP contribution in [0.1, 0.15) is 36.6 Å². The SMILES string of the molecule is CCN(CC)CCN1C(=O)C(=O)/C(=C(/O)c2ccc(OC)cc2C)[C@@H]1c1ccccc1OC. The van der Waals surface area contributed by atoms with Crippen LogP contribution in [0.5, 0.6) is 11.5 Å². The smallest absolute Gasteiger partial charge is 0.295 e. The van der Waals surface area contributed by atoms with E-state index in [4.69, 9.17) is 9.47 Å². The molecule has 0 spiro atoms. The first-order chi connectivity index (χ1) is 15.9. The number of hydrogen-bond donors (Lipinski definition) is 1. The Morgan fingerprint density at radius 3 is 2.36 bits per heavy atom. The van der Waals surface area contributed by atoms with Gasteiger partial charge in [-0.15, -0.1) is 0 Å². The second-order valence-corrected chi connectivity index (χ2v) is 7.94. The molecule has 2 aromatic carbocycles. The number of aliphatic hydroxyl groups is 1. The minimum Gasteiger partial charge on any atom is -0.507 e. The summed E-state index contributed by atoms with van der Waals surface area (Å²) in [6.45, 7) is 8.59. The fourth-order valence-corrected chi connectivity index (χ4v) is 4.29. The Hall–Kier alpha value is -3.32. The van der Waals surface area contributed by atoms with Gasteiger partial charge in [-0.25, -0.2) is 0 Å². The highest BCUT2D eigenvalue weighted by Gasteiger charge is 2.47. The summed E-state index contributed by atoms with van der Waals surface area (Å²) in [7, 11) is 3.12. The molecule has 0 bridgehead atoms. The molecule has 0 unspecified atom stereocenters. The highest BCUT2D eigenvalue weighted by molar-refractivity contribution is 6.46. The maximum atomic E-state index is 13.2. The van der Waals surface area contributed by atoms with Crippen molar-refractivity contribution in [3.8, 4) is 11.5 Å². The van der Waals surface area contributed by atoms with Crippen LogP contribution in [0.2, 0.25) is 0 Å². The summed E-state index contributed by atoms with van der Waals surface area (Å²) < 4.78 is 10.8. The van der Waals surface area contributed by atoms with Gasteiger partial charge >= 0.3 is 0 Å². The quantitative estimate of drug-likeness (QED) is 0.354. The Kier molecular flexibility index (Phi) is 7.76. The number of aryl methyl sites for hydroxylation is 1. The summed E-state index contributed by atoms with van der Waals surface area (Å²) in [5.74, 6) is -0.321. The lowest BCUT2D eigenvalue weighted by molar-refractivity contribution is -0.140. The zero-order chi connectivity index (χ0) is 24.1. The lowest BCUT2D eigenvalue weighted by atomic mass is 9.93. The Labute approximate surface area is 195 Å². The van der Waals surface area contributed by atoms with Gasteiger partial charge in [0.05, 0.1) is 25.8 Å². The third kappa shape index (κ3) is 4.73. The number of amides is 1. The number of rotatable bonds is 9. The molecule has 1 fully saturated rings. The molecule has 1 aliphatic rings. The fraction of sp³-hybridized carbons (Fsp3) is 0.385. The van der Waals surface area contributed by atoms with E-state index < -0.39 is 17.7 Å². The van der Waals surface area contributed by atoms with Crippen molar-refractivity contribution in [2.24, 2.45) is 0 Å². The van der Waals surface area contributed by atoms with Crippen LogP contribution >= 0.6 is 0 Å². The average molecular weight is 453 g/mol. The molecule has 0 saturated carbocycles. The number of aliphatic hydroxyl groups excluding tert-OH is 1. The van der Waals surface area contributed by atoms with E-state index in [-0.39, 0.29) is 11.3 Å². The number of methoxy groups -OCH3 is 2. The summed E-state index contributed by atoms with van der Waals surface area (Å²) in [5, 5.41) is 11.3. The number of para-hydroxylation sites is 1. The molecular formula is C26H32N2O5. The van der Waals surface area contributed by atoms with E-state index in [1.54, 1.807) is 43.4 Å². The third-order valence-corrected chi connectivity index (χ3v) is 6.21. The molecule has 2 aromatic rings. The molecule has 1 atom stereocenters. The standard InChI is InChI=1S/C26H32N2O5/c1-6-27(7-2)14-15-28-23(20-10-8-9-11-21(20)33-5)22(25(30)26(28)31)24(29)19-13-12-18(32-4)16-17(19)3/h8-13,16,23,29H,6-7,14-15H2,1-5H3/b24-22+/t23-/m0/s1. The molecule has 1 amide bonds. The second-order valence-electron chi connectivity index (χ2n) is 7.94. The van der Waals surface area contributed by atoms with Crippen molar-refractivity contribution in [2.75, 3.05) is 40.4 Å². The Morgan fingerprint density at radius 2 is 1.76 bits per heavy atom. The lowest BCUT2D eigenvalue weighted by Gasteiger charge is -2.29. The third-order valence-electron chi connectivity index (χ3n) is 6.21. The molecule has 0 aliphatic carbocycles. The van der Waals surface area contributed by atoms with E-state index in [0.717, 1.165) is 18.7 Å². The number of carbonyl (C=O) groups is 2. The van der Waals surface area contributed by atoms with Crippen molar-refractivity contribution in [1.29, 1.82) is 0 Å². The number of carbonyl (C=O) groups excluding carboxylic acids is 2. The van der Waals surface area contributed by atoms with Crippen molar-refractivity contribution in [3.63, 3.8) is 0 Å². The van der Waals surface area contributed by atoms with Crippen LogP contribution in [0.4, 0.5) is 0 Å². The van der Waals surface area contributed by atoms with Crippen molar-refractivity contribution >= 4 is 17.4 Å². The fourth-order valence-electron chi connectivity index (χ4n) is 4.29. The Balaban J connectivity index is 2.17. The first-order valence-corrected chi connectivity index (χ1v) is 11.2. The van der Waals surface area contributed by atoms with Gasteiger partial charge in [-0.3, -0.25) is 9.59 Å². The van der Waals surface area contributed by atoms with Crippen molar-refractivity contribution in [3.05, 3.63) is 64.7 Å². The summed E-state index contributed by atoms with van der Waals surface area (Å²) in [6.07, 6.45) is 0. The number of nitrogens with zero attached hydrogens (tertiary/aromatic N) is 2. The number of benzene rings is 2. The van der Waals surface area contributed by atoms with Gasteiger partial charge in [0.15, 0.2) is 0 Å². The van der Waals surface area contributed by atoms with Gasteiger partial charge in [-0.05, 0) is 49.8 Å². The van der Waals surface area contributed by atoms with E-state index in [2.05, 4.69) is 18.7 Å². The van der Waals surface area contributed by atoms with Crippen molar-refractivity contribution in [2.45, 2.75) is 26.8 Å². The van der Waals surface area contributed by atoms with Gasteiger partial charge in [-0.1, -0.05) is 32.0 Å². The van der Waals surface area contributed by atoms with E-state index >= 15 is 0 Å². The molecule has 1 N–H and O–H groups in total. The minimum absolute atomic E-state index is 0.0670. The van der Waals surface area contributed by atoms with Crippen LogP contribution in [-0.2, 0) is 9.59 Å². The molecule has 3 rings (SSSR count). The van der Waals surface area contributed by atoms with Gasteiger partial charge in [0.1, 0.15) is 17.3 Å². The average Bonchev–Trinajstić information content (AvgIpc) is 3.08. The van der Waals surface area contributed by atoms with Crippen LogP contribution in [0, 0.1) is 6.92 Å². The van der Waals surface area contributed by atoms with E-state index in [1.165, 1.54) is 0 Å². The number of likely N-dealkylation sites (N-methyl/N-ethyl adjacent to an activating group) is 1. The van der Waals surface area contributed by atoms with Gasteiger partial charge in [0, 0.05) is 24.2 Å². The van der Waals surface area contributed by atoms with E-state index in [1.807, 2.05) is 25.1 Å². The predicted octanol–water partition coefficient (Wildman–Crippen LogP) is 3.78. The summed E-state index contributed by atoms with van der Waals surface area (Å²) >= 11 is 0. The number of ketones is 1. The molecule has 33 heavy (non-hydrogen) atoms. The summed E-state index contributed by atoms with van der Waals surface area (Å²) in [6, 6.07) is 11.7. The number of hydrogen-bond acceptors (Lipinski definition) is 6. The molecule has 7 heteroatoms. The zero-order valence-corrected chi connectivity index (χ0v) is 19.9. The molecule has 1 saturated heterocycles. The second kappa shape index (κ2) is 10.5. The predicted molar refractivity (Wildman–Crippen MR) is 128 cm³/mol. The van der Waals surface area contributed by atoms with Crippen LogP contribution in [0.15, 0.2) is 48.0 Å². The van der Waals surface area contributed by atoms with Gasteiger partial charge in [0.2, 0.25) is 0 Å².